The number of aromatic hydroxyl groups is 1. The fourth-order valence-electron chi connectivity index (χ4n) is 1.31. The maximum Gasteiger partial charge on any atom is 0.339 e. The van der Waals surface area contributed by atoms with Crippen molar-refractivity contribution < 1.29 is 15.0 Å². The lowest BCUT2D eigenvalue weighted by molar-refractivity contribution is 0.0693. The first-order valence-corrected chi connectivity index (χ1v) is 4.53. The lowest BCUT2D eigenvalue weighted by Crippen LogP contribution is -2.01. The summed E-state index contributed by atoms with van der Waals surface area (Å²) in [4.78, 5) is 10.8. The monoisotopic (exact) mass is 219 g/mol. The van der Waals surface area contributed by atoms with Gasteiger partial charge in [-0.1, -0.05) is 5.21 Å². The standard InChI is InChI=1S/C10H9N3O3/c1-6-5-13(12-11-6)7-2-3-9(14)8(4-7)10(15)16/h2-5,14H,1H3,(H,15,16). The summed E-state index contributed by atoms with van der Waals surface area (Å²) in [7, 11) is 0. The molecular weight excluding hydrogens is 210 g/mol. The Labute approximate surface area is 90.8 Å². The summed E-state index contributed by atoms with van der Waals surface area (Å²) in [6.07, 6.45) is 1.66. The summed E-state index contributed by atoms with van der Waals surface area (Å²) in [6, 6.07) is 4.22. The molecule has 2 aromatic rings. The molecule has 0 bridgehead atoms. The largest absolute Gasteiger partial charge is 0.507 e. The van der Waals surface area contributed by atoms with Crippen molar-refractivity contribution in [3.8, 4) is 11.4 Å². The van der Waals surface area contributed by atoms with E-state index < -0.39 is 5.97 Å². The summed E-state index contributed by atoms with van der Waals surface area (Å²) >= 11 is 0. The number of carboxylic acid groups (broad SMARTS) is 1. The van der Waals surface area contributed by atoms with Crippen LogP contribution in [-0.4, -0.2) is 31.2 Å². The van der Waals surface area contributed by atoms with Gasteiger partial charge in [-0.3, -0.25) is 0 Å². The number of aromatic carboxylic acids is 1. The molecule has 1 aromatic carbocycles. The molecule has 0 aliphatic rings. The quantitative estimate of drug-likeness (QED) is 0.785. The molecule has 0 aliphatic carbocycles. The van der Waals surface area contributed by atoms with E-state index in [4.69, 9.17) is 5.11 Å². The van der Waals surface area contributed by atoms with E-state index in [0.717, 1.165) is 5.69 Å². The molecule has 0 saturated carbocycles. The molecule has 1 aromatic heterocycles. The van der Waals surface area contributed by atoms with Crippen molar-refractivity contribution in [3.05, 3.63) is 35.7 Å². The van der Waals surface area contributed by atoms with E-state index in [2.05, 4.69) is 10.3 Å². The highest BCUT2D eigenvalue weighted by molar-refractivity contribution is 5.91. The number of nitrogens with zero attached hydrogens (tertiary/aromatic N) is 3. The van der Waals surface area contributed by atoms with Crippen LogP contribution in [0, 0.1) is 6.92 Å². The normalized spacial score (nSPS) is 10.3. The van der Waals surface area contributed by atoms with Gasteiger partial charge in [0.05, 0.1) is 17.6 Å². The number of rotatable bonds is 2. The van der Waals surface area contributed by atoms with Gasteiger partial charge in [-0.25, -0.2) is 9.48 Å². The van der Waals surface area contributed by atoms with Gasteiger partial charge in [-0.2, -0.15) is 0 Å². The van der Waals surface area contributed by atoms with Crippen molar-refractivity contribution >= 4 is 5.97 Å². The lowest BCUT2D eigenvalue weighted by Gasteiger charge is -2.03. The second-order valence-corrected chi connectivity index (χ2v) is 3.31. The smallest absolute Gasteiger partial charge is 0.339 e. The fraction of sp³-hybridized carbons (Fsp3) is 0.100. The zero-order valence-electron chi connectivity index (χ0n) is 8.45. The second kappa shape index (κ2) is 3.65. The zero-order valence-corrected chi connectivity index (χ0v) is 8.45. The van der Waals surface area contributed by atoms with E-state index >= 15 is 0 Å². The molecule has 16 heavy (non-hydrogen) atoms. The molecule has 0 saturated heterocycles. The van der Waals surface area contributed by atoms with Crippen LogP contribution in [0.2, 0.25) is 0 Å². The van der Waals surface area contributed by atoms with Crippen LogP contribution in [0.1, 0.15) is 16.1 Å². The van der Waals surface area contributed by atoms with Gasteiger partial charge >= 0.3 is 5.97 Å². The molecule has 2 rings (SSSR count). The summed E-state index contributed by atoms with van der Waals surface area (Å²) in [5, 5.41) is 25.8. The molecule has 0 fully saturated rings. The SMILES string of the molecule is Cc1cn(-c2ccc(O)c(C(=O)O)c2)nn1. The highest BCUT2D eigenvalue weighted by atomic mass is 16.4. The van der Waals surface area contributed by atoms with Crippen LogP contribution in [0.3, 0.4) is 0 Å². The van der Waals surface area contributed by atoms with Crippen molar-refractivity contribution in [1.82, 2.24) is 15.0 Å². The van der Waals surface area contributed by atoms with E-state index in [1.807, 2.05) is 0 Å². The van der Waals surface area contributed by atoms with Crippen molar-refractivity contribution in [2.24, 2.45) is 0 Å². The minimum atomic E-state index is -1.18. The number of hydrogen-bond donors (Lipinski definition) is 2. The van der Waals surface area contributed by atoms with E-state index in [0.29, 0.717) is 5.69 Å². The van der Waals surface area contributed by atoms with Gasteiger partial charge in [0.25, 0.3) is 0 Å². The average molecular weight is 219 g/mol. The highest BCUT2D eigenvalue weighted by Gasteiger charge is 2.11. The van der Waals surface area contributed by atoms with Gasteiger partial charge in [-0.15, -0.1) is 5.10 Å². The topological polar surface area (TPSA) is 88.2 Å². The van der Waals surface area contributed by atoms with E-state index in [-0.39, 0.29) is 11.3 Å². The first-order chi connectivity index (χ1) is 7.58. The Hall–Kier alpha value is -2.37. The molecule has 6 nitrogen and oxygen atoms in total. The molecule has 0 aliphatic heterocycles. The Kier molecular flexibility index (Phi) is 2.32. The summed E-state index contributed by atoms with van der Waals surface area (Å²) in [5.41, 5.74) is 1.10. The highest BCUT2D eigenvalue weighted by Crippen LogP contribution is 2.20. The van der Waals surface area contributed by atoms with Crippen LogP contribution < -0.4 is 0 Å². The summed E-state index contributed by atoms with van der Waals surface area (Å²) in [5.74, 6) is -1.45. The molecule has 6 heteroatoms. The Bertz CT molecular complexity index is 548. The number of aryl methyl sites for hydroxylation is 1. The third-order valence-electron chi connectivity index (χ3n) is 2.08. The first kappa shape index (κ1) is 10.2. The van der Waals surface area contributed by atoms with Crippen LogP contribution in [0.4, 0.5) is 0 Å². The molecule has 0 spiro atoms. The Morgan fingerprint density at radius 2 is 2.19 bits per heavy atom. The van der Waals surface area contributed by atoms with Gasteiger partial charge in [0, 0.05) is 0 Å². The Morgan fingerprint density at radius 3 is 2.75 bits per heavy atom. The third kappa shape index (κ3) is 1.72. The number of benzene rings is 1. The molecule has 0 unspecified atom stereocenters. The van der Waals surface area contributed by atoms with Crippen molar-refractivity contribution in [2.75, 3.05) is 0 Å². The van der Waals surface area contributed by atoms with Gasteiger partial charge in [0.15, 0.2) is 0 Å². The lowest BCUT2D eigenvalue weighted by atomic mass is 10.2. The van der Waals surface area contributed by atoms with Crippen LogP contribution in [0.25, 0.3) is 5.69 Å². The molecule has 0 atom stereocenters. The number of carboxylic acids is 1. The van der Waals surface area contributed by atoms with E-state index in [1.54, 1.807) is 19.2 Å². The predicted molar refractivity (Wildman–Crippen MR) is 54.7 cm³/mol. The molecule has 2 N–H and O–H groups in total. The number of hydrogen-bond acceptors (Lipinski definition) is 4. The fourth-order valence-corrected chi connectivity index (χ4v) is 1.31. The van der Waals surface area contributed by atoms with Gasteiger partial charge in [0.1, 0.15) is 11.3 Å². The second-order valence-electron chi connectivity index (χ2n) is 3.31. The van der Waals surface area contributed by atoms with Crippen molar-refractivity contribution in [3.63, 3.8) is 0 Å². The van der Waals surface area contributed by atoms with E-state index in [9.17, 15) is 9.90 Å². The first-order valence-electron chi connectivity index (χ1n) is 4.53. The van der Waals surface area contributed by atoms with Gasteiger partial charge in [0.2, 0.25) is 0 Å². The van der Waals surface area contributed by atoms with Crippen LogP contribution in [0.5, 0.6) is 5.75 Å². The molecule has 0 amide bonds. The molecule has 1 heterocycles. The Morgan fingerprint density at radius 1 is 1.44 bits per heavy atom. The van der Waals surface area contributed by atoms with Gasteiger partial charge in [-0.05, 0) is 25.1 Å². The van der Waals surface area contributed by atoms with Crippen LogP contribution in [0.15, 0.2) is 24.4 Å². The van der Waals surface area contributed by atoms with Gasteiger partial charge < -0.3 is 10.2 Å². The minimum Gasteiger partial charge on any atom is -0.507 e. The van der Waals surface area contributed by atoms with Crippen molar-refractivity contribution in [2.45, 2.75) is 6.92 Å². The maximum absolute atomic E-state index is 10.8. The maximum atomic E-state index is 10.8. The molecule has 82 valence electrons. The summed E-state index contributed by atoms with van der Waals surface area (Å²) < 4.78 is 1.45. The van der Waals surface area contributed by atoms with Crippen LogP contribution >= 0.6 is 0 Å². The zero-order chi connectivity index (χ0) is 11.7. The predicted octanol–water partition coefficient (Wildman–Crippen LogP) is 0.980. The minimum absolute atomic E-state index is 0.161. The van der Waals surface area contributed by atoms with E-state index in [1.165, 1.54) is 16.8 Å². The molecule has 0 radical (unpaired) electrons. The number of aromatic nitrogens is 3. The molecular formula is C10H9N3O3. The average Bonchev–Trinajstić information content (AvgIpc) is 2.65. The van der Waals surface area contributed by atoms with Crippen LogP contribution in [-0.2, 0) is 0 Å². The number of phenols is 1. The summed E-state index contributed by atoms with van der Waals surface area (Å²) in [6.45, 7) is 1.78. The third-order valence-corrected chi connectivity index (χ3v) is 2.08. The van der Waals surface area contributed by atoms with Crippen molar-refractivity contribution in [1.29, 1.82) is 0 Å². The number of carbonyl (C=O) groups is 1. The Balaban J connectivity index is 2.51.